The van der Waals surface area contributed by atoms with Crippen molar-refractivity contribution in [3.63, 3.8) is 0 Å². The summed E-state index contributed by atoms with van der Waals surface area (Å²) >= 11 is 0. The van der Waals surface area contributed by atoms with E-state index in [-0.39, 0.29) is 21.3 Å². The molecule has 6 nitrogen and oxygen atoms in total. The van der Waals surface area contributed by atoms with E-state index in [4.69, 9.17) is 11.5 Å². The fourth-order valence-electron chi connectivity index (χ4n) is 0.508. The van der Waals surface area contributed by atoms with Crippen LogP contribution in [-0.2, 0) is 0 Å². The van der Waals surface area contributed by atoms with E-state index in [2.05, 4.69) is 0 Å². The van der Waals surface area contributed by atoms with Crippen LogP contribution in [0.4, 0.5) is 11.6 Å². The van der Waals surface area contributed by atoms with Crippen molar-refractivity contribution in [1.82, 2.24) is 0 Å². The lowest BCUT2D eigenvalue weighted by Crippen LogP contribution is -2.62. The lowest BCUT2D eigenvalue weighted by molar-refractivity contribution is -1.17. The molecule has 0 saturated heterocycles. The Morgan fingerprint density at radius 2 is 1.30 bits per heavy atom. The molecule has 4 N–H and O–H groups in total. The van der Waals surface area contributed by atoms with Gasteiger partial charge in [0, 0.05) is 12.1 Å². The zero-order chi connectivity index (χ0) is 7.72. The molecular weight excluding hydrogens is 136 g/mol. The molecule has 0 aliphatic rings. The lowest BCUT2D eigenvalue weighted by atomic mass is 10.5. The van der Waals surface area contributed by atoms with Crippen LogP contribution in [0, 0.1) is 10.4 Å². The number of nitrogen functional groups attached to an aromatic ring is 2. The second kappa shape index (κ2) is 1.90. The van der Waals surface area contributed by atoms with Crippen LogP contribution in [0.2, 0.25) is 0 Å². The van der Waals surface area contributed by atoms with Crippen LogP contribution in [-0.4, -0.2) is 0 Å². The summed E-state index contributed by atoms with van der Waals surface area (Å²) < 4.78 is 0. The average molecular weight is 142 g/mol. The predicted octanol–water partition coefficient (Wildman–Crippen LogP) is -1.88. The summed E-state index contributed by atoms with van der Waals surface area (Å²) in [6.45, 7) is 0. The smallest absolute Gasteiger partial charge is 0.313 e. The molecule has 0 fully saturated rings. The van der Waals surface area contributed by atoms with E-state index in [1.54, 1.807) is 0 Å². The maximum Gasteiger partial charge on any atom is 0.313 e. The number of nitrogens with two attached hydrogens (primary N) is 2. The molecule has 10 heavy (non-hydrogen) atoms. The molecule has 0 unspecified atom stereocenters. The van der Waals surface area contributed by atoms with Crippen LogP contribution in [0.5, 0.6) is 0 Å². The van der Waals surface area contributed by atoms with E-state index >= 15 is 0 Å². The molecule has 1 aromatic heterocycles. The Morgan fingerprint density at radius 3 is 1.60 bits per heavy atom. The second-order valence-corrected chi connectivity index (χ2v) is 1.73. The molecule has 0 atom stereocenters. The Balaban J connectivity index is 3.34. The standard InChI is InChI=1S/C4H6N4O2/c5-3-1-2-4(6)8(10)7(3)9/h1-2H,5-6H2. The molecule has 1 aromatic rings. The van der Waals surface area contributed by atoms with E-state index in [1.165, 1.54) is 12.1 Å². The maximum atomic E-state index is 10.6. The fourth-order valence-corrected chi connectivity index (χ4v) is 0.508. The van der Waals surface area contributed by atoms with Crippen LogP contribution in [0.3, 0.4) is 0 Å². The minimum absolute atomic E-state index is 0.0324. The summed E-state index contributed by atoms with van der Waals surface area (Å²) in [6, 6.07) is 2.52. The molecule has 0 bridgehead atoms. The summed E-state index contributed by atoms with van der Waals surface area (Å²) in [4.78, 5) is -0.0648. The van der Waals surface area contributed by atoms with Crippen molar-refractivity contribution < 1.29 is 9.69 Å². The largest absolute Gasteiger partial charge is 0.675 e. The van der Waals surface area contributed by atoms with Crippen molar-refractivity contribution in [3.8, 4) is 0 Å². The van der Waals surface area contributed by atoms with Gasteiger partial charge < -0.3 is 10.4 Å². The molecule has 0 spiro atoms. The third-order valence-corrected chi connectivity index (χ3v) is 1.03. The van der Waals surface area contributed by atoms with Gasteiger partial charge in [-0.1, -0.05) is 9.69 Å². The number of nitrogens with zero attached hydrogens (tertiary/aromatic N) is 2. The van der Waals surface area contributed by atoms with E-state index < -0.39 is 0 Å². The molecular formula is C4H6N4O2. The Labute approximate surface area is 56.4 Å². The summed E-state index contributed by atoms with van der Waals surface area (Å²) in [6.07, 6.45) is 0. The van der Waals surface area contributed by atoms with Gasteiger partial charge in [-0.3, -0.25) is 11.5 Å². The summed E-state index contributed by atoms with van der Waals surface area (Å²) in [5.74, 6) is -0.353. The van der Waals surface area contributed by atoms with E-state index in [1.807, 2.05) is 0 Å². The van der Waals surface area contributed by atoms with Gasteiger partial charge in [0.15, 0.2) is 0 Å². The Hall–Kier alpha value is -1.72. The average Bonchev–Trinajstić information content (AvgIpc) is 1.93. The number of hydrogen-bond donors (Lipinski definition) is 2. The highest BCUT2D eigenvalue weighted by atomic mass is 16.6. The number of hydrogen-bond acceptors (Lipinski definition) is 4. The number of rotatable bonds is 0. The monoisotopic (exact) mass is 142 g/mol. The van der Waals surface area contributed by atoms with Crippen molar-refractivity contribution in [3.05, 3.63) is 22.5 Å². The zero-order valence-corrected chi connectivity index (χ0v) is 5.02. The van der Waals surface area contributed by atoms with Gasteiger partial charge in [0.25, 0.3) is 0 Å². The third-order valence-electron chi connectivity index (χ3n) is 1.03. The second-order valence-electron chi connectivity index (χ2n) is 1.73. The van der Waals surface area contributed by atoms with Crippen molar-refractivity contribution in [2.45, 2.75) is 0 Å². The summed E-state index contributed by atoms with van der Waals surface area (Å²) in [7, 11) is 0. The van der Waals surface area contributed by atoms with Crippen molar-refractivity contribution in [1.29, 1.82) is 0 Å². The molecule has 0 amide bonds. The van der Waals surface area contributed by atoms with Crippen molar-refractivity contribution >= 4 is 11.6 Å². The molecule has 0 radical (unpaired) electrons. The molecule has 1 rings (SSSR count). The van der Waals surface area contributed by atoms with Crippen LogP contribution >= 0.6 is 0 Å². The minimum Gasteiger partial charge on any atom is -0.675 e. The minimum atomic E-state index is -0.177. The van der Waals surface area contributed by atoms with Gasteiger partial charge in [-0.25, -0.2) is 0 Å². The highest BCUT2D eigenvalue weighted by Crippen LogP contribution is 1.92. The van der Waals surface area contributed by atoms with Gasteiger partial charge in [0.2, 0.25) is 0 Å². The Bertz CT molecular complexity index is 235. The zero-order valence-electron chi connectivity index (χ0n) is 5.02. The van der Waals surface area contributed by atoms with Gasteiger partial charge in [-0.15, -0.1) is 0 Å². The highest BCUT2D eigenvalue weighted by Gasteiger charge is 2.04. The molecule has 0 aliphatic carbocycles. The molecule has 0 saturated carbocycles. The third kappa shape index (κ3) is 0.750. The van der Waals surface area contributed by atoms with Gasteiger partial charge in [-0.2, -0.15) is 0 Å². The molecule has 54 valence electrons. The van der Waals surface area contributed by atoms with Crippen LogP contribution in [0.15, 0.2) is 12.1 Å². The molecule has 6 heteroatoms. The SMILES string of the molecule is Nc1ccc(N)[n+]([O-])[n+]1[O-]. The van der Waals surface area contributed by atoms with Crippen molar-refractivity contribution in [2.75, 3.05) is 11.5 Å². The summed E-state index contributed by atoms with van der Waals surface area (Å²) in [5.41, 5.74) is 10.1. The molecule has 0 aliphatic heterocycles. The summed E-state index contributed by atoms with van der Waals surface area (Å²) in [5, 5.41) is 21.1. The van der Waals surface area contributed by atoms with E-state index in [0.717, 1.165) is 0 Å². The topological polar surface area (TPSA) is 106 Å². The van der Waals surface area contributed by atoms with Crippen LogP contribution in [0.25, 0.3) is 0 Å². The van der Waals surface area contributed by atoms with Crippen LogP contribution in [0.1, 0.15) is 0 Å². The molecule has 0 aromatic carbocycles. The van der Waals surface area contributed by atoms with Gasteiger partial charge in [0.1, 0.15) is 0 Å². The van der Waals surface area contributed by atoms with E-state index in [9.17, 15) is 10.4 Å². The predicted molar refractivity (Wildman–Crippen MR) is 33.2 cm³/mol. The normalized spacial score (nSPS) is 9.60. The Morgan fingerprint density at radius 1 is 1.00 bits per heavy atom. The lowest BCUT2D eigenvalue weighted by Gasteiger charge is -2.09. The van der Waals surface area contributed by atoms with Crippen molar-refractivity contribution in [2.24, 2.45) is 0 Å². The quantitative estimate of drug-likeness (QED) is 0.326. The Kier molecular flexibility index (Phi) is 1.22. The van der Waals surface area contributed by atoms with Gasteiger partial charge in [0.05, 0.1) is 0 Å². The fraction of sp³-hybridized carbons (Fsp3) is 0. The first-order valence-corrected chi connectivity index (χ1v) is 2.50. The first kappa shape index (κ1) is 6.40. The molecule has 1 heterocycles. The van der Waals surface area contributed by atoms with E-state index in [0.29, 0.717) is 0 Å². The van der Waals surface area contributed by atoms with Crippen LogP contribution < -0.4 is 21.2 Å². The maximum absolute atomic E-state index is 10.6. The first-order chi connectivity index (χ1) is 4.63. The van der Waals surface area contributed by atoms with Gasteiger partial charge in [-0.05, 0) is 0 Å². The number of aromatic nitrogens is 2. The van der Waals surface area contributed by atoms with Gasteiger partial charge >= 0.3 is 11.6 Å². The highest BCUT2D eigenvalue weighted by molar-refractivity contribution is 5.26. The number of anilines is 2. The first-order valence-electron chi connectivity index (χ1n) is 2.50.